The van der Waals surface area contributed by atoms with Crippen LogP contribution >= 0.6 is 23.4 Å². The number of thioether (sulfide) groups is 1. The average Bonchev–Trinajstić information content (AvgIpc) is 2.58. The molecule has 0 aliphatic rings. The van der Waals surface area contributed by atoms with Crippen molar-refractivity contribution in [2.45, 2.75) is 25.2 Å². The van der Waals surface area contributed by atoms with Crippen molar-refractivity contribution in [3.8, 4) is 0 Å². The van der Waals surface area contributed by atoms with Crippen molar-refractivity contribution in [1.82, 2.24) is 9.97 Å². The summed E-state index contributed by atoms with van der Waals surface area (Å²) in [6.45, 7) is 4.00. The number of aryl methyl sites for hydroxylation is 1. The number of ketones is 1. The van der Waals surface area contributed by atoms with E-state index in [0.717, 1.165) is 32.7 Å². The molecule has 0 fully saturated rings. The minimum Gasteiger partial charge on any atom is -0.292 e. The van der Waals surface area contributed by atoms with E-state index >= 15 is 0 Å². The summed E-state index contributed by atoms with van der Waals surface area (Å²) < 4.78 is 0. The lowest BCUT2D eigenvalue weighted by Gasteiger charge is -2.10. The zero-order chi connectivity index (χ0) is 17.1. The highest BCUT2D eigenvalue weighted by atomic mass is 35.5. The lowest BCUT2D eigenvalue weighted by atomic mass is 10.1. The molecule has 122 valence electrons. The number of hydrogen-bond acceptors (Lipinski definition) is 4. The first-order chi connectivity index (χ1) is 11.6. The van der Waals surface area contributed by atoms with Crippen LogP contribution in [0.2, 0.25) is 5.15 Å². The monoisotopic (exact) mass is 356 g/mol. The Balaban J connectivity index is 2.01. The maximum atomic E-state index is 12.9. The molecule has 0 amide bonds. The number of halogens is 1. The second-order valence-electron chi connectivity index (χ2n) is 5.52. The lowest BCUT2D eigenvalue weighted by Crippen LogP contribution is -2.09. The summed E-state index contributed by atoms with van der Waals surface area (Å²) >= 11 is 7.77. The average molecular weight is 357 g/mol. The summed E-state index contributed by atoms with van der Waals surface area (Å²) in [5.74, 6) is 0.846. The van der Waals surface area contributed by atoms with Crippen molar-refractivity contribution >= 4 is 40.0 Å². The molecule has 0 spiro atoms. The molecule has 3 aromatic rings. The molecule has 0 bridgehead atoms. The number of Topliss-reactive ketones (excluding diaryl/α,β-unsaturated/α-hetero) is 1. The number of fused-ring (bicyclic) bond motifs is 1. The topological polar surface area (TPSA) is 42.9 Å². The standard InChI is InChI=1S/C19H17ClN2OS/c1-3-24-17-10-13-6-4-5-7-15(13)22-18(17)16(23)9-14-8-12(2)11-21-19(14)20/h4-8,10-11H,3,9H2,1-2H3. The molecule has 0 N–H and O–H groups in total. The number of benzene rings is 1. The van der Waals surface area contributed by atoms with E-state index in [-0.39, 0.29) is 12.2 Å². The normalized spacial score (nSPS) is 11.0. The number of carbonyl (C=O) groups excluding carboxylic acids is 1. The van der Waals surface area contributed by atoms with E-state index in [0.29, 0.717) is 10.8 Å². The van der Waals surface area contributed by atoms with Crippen LogP contribution in [0.15, 0.2) is 47.5 Å². The third kappa shape index (κ3) is 3.60. The van der Waals surface area contributed by atoms with Gasteiger partial charge in [0.2, 0.25) is 0 Å². The number of nitrogens with zero attached hydrogens (tertiary/aromatic N) is 2. The van der Waals surface area contributed by atoms with Crippen molar-refractivity contribution in [1.29, 1.82) is 0 Å². The van der Waals surface area contributed by atoms with Crippen LogP contribution < -0.4 is 0 Å². The molecular weight excluding hydrogens is 340 g/mol. The van der Waals surface area contributed by atoms with E-state index in [1.54, 1.807) is 18.0 Å². The molecule has 0 saturated carbocycles. The molecule has 0 unspecified atom stereocenters. The highest BCUT2D eigenvalue weighted by Gasteiger charge is 2.17. The summed E-state index contributed by atoms with van der Waals surface area (Å²) in [6.07, 6.45) is 1.90. The Bertz CT molecular complexity index is 911. The Morgan fingerprint density at radius 1 is 1.25 bits per heavy atom. The van der Waals surface area contributed by atoms with Gasteiger partial charge < -0.3 is 0 Å². The zero-order valence-corrected chi connectivity index (χ0v) is 15.1. The van der Waals surface area contributed by atoms with E-state index in [4.69, 9.17) is 11.6 Å². The summed E-state index contributed by atoms with van der Waals surface area (Å²) in [4.78, 5) is 22.5. The molecule has 3 rings (SSSR count). The molecule has 1 aromatic carbocycles. The lowest BCUT2D eigenvalue weighted by molar-refractivity contribution is 0.0985. The van der Waals surface area contributed by atoms with Crippen LogP contribution in [0, 0.1) is 6.92 Å². The summed E-state index contributed by atoms with van der Waals surface area (Å²) in [5, 5.41) is 1.42. The smallest absolute Gasteiger partial charge is 0.186 e. The van der Waals surface area contributed by atoms with Crippen molar-refractivity contribution in [2.24, 2.45) is 0 Å². The first-order valence-electron chi connectivity index (χ1n) is 7.75. The van der Waals surface area contributed by atoms with Gasteiger partial charge >= 0.3 is 0 Å². The highest BCUT2D eigenvalue weighted by molar-refractivity contribution is 7.99. The Labute approximate surface area is 150 Å². The van der Waals surface area contributed by atoms with Gasteiger partial charge in [-0.1, -0.05) is 42.8 Å². The largest absolute Gasteiger partial charge is 0.292 e. The van der Waals surface area contributed by atoms with Gasteiger partial charge in [-0.05, 0) is 35.9 Å². The van der Waals surface area contributed by atoms with Gasteiger partial charge in [0.15, 0.2) is 5.78 Å². The molecule has 24 heavy (non-hydrogen) atoms. The Hall–Kier alpha value is -1.91. The second-order valence-corrected chi connectivity index (χ2v) is 7.19. The van der Waals surface area contributed by atoms with Crippen LogP contribution in [0.5, 0.6) is 0 Å². The van der Waals surface area contributed by atoms with Crippen LogP contribution in [-0.4, -0.2) is 21.5 Å². The molecule has 5 heteroatoms. The maximum absolute atomic E-state index is 12.9. The molecule has 0 aliphatic heterocycles. The zero-order valence-electron chi connectivity index (χ0n) is 13.5. The van der Waals surface area contributed by atoms with Crippen LogP contribution in [0.25, 0.3) is 10.9 Å². The van der Waals surface area contributed by atoms with E-state index in [1.807, 2.05) is 43.3 Å². The van der Waals surface area contributed by atoms with E-state index < -0.39 is 0 Å². The van der Waals surface area contributed by atoms with Crippen molar-refractivity contribution in [2.75, 3.05) is 5.75 Å². The Kier molecular flexibility index (Phi) is 5.17. The Morgan fingerprint density at radius 2 is 2.04 bits per heavy atom. The van der Waals surface area contributed by atoms with E-state index in [9.17, 15) is 4.79 Å². The van der Waals surface area contributed by atoms with Gasteiger partial charge in [-0.15, -0.1) is 11.8 Å². The fourth-order valence-electron chi connectivity index (χ4n) is 2.56. The van der Waals surface area contributed by atoms with E-state index in [2.05, 4.69) is 16.9 Å². The van der Waals surface area contributed by atoms with Gasteiger partial charge in [-0.3, -0.25) is 4.79 Å². The predicted molar refractivity (Wildman–Crippen MR) is 100 cm³/mol. The van der Waals surface area contributed by atoms with Gasteiger partial charge in [0.25, 0.3) is 0 Å². The van der Waals surface area contributed by atoms with Crippen molar-refractivity contribution in [3.05, 3.63) is 64.6 Å². The second kappa shape index (κ2) is 7.32. The SMILES string of the molecule is CCSc1cc2ccccc2nc1C(=O)Cc1cc(C)cnc1Cl. The third-order valence-electron chi connectivity index (χ3n) is 3.65. The first kappa shape index (κ1) is 16.9. The molecule has 0 aliphatic carbocycles. The molecule has 2 heterocycles. The van der Waals surface area contributed by atoms with Crippen molar-refractivity contribution in [3.63, 3.8) is 0 Å². The Morgan fingerprint density at radius 3 is 2.83 bits per heavy atom. The summed E-state index contributed by atoms with van der Waals surface area (Å²) in [7, 11) is 0. The fourth-order valence-corrected chi connectivity index (χ4v) is 3.54. The van der Waals surface area contributed by atoms with Crippen molar-refractivity contribution < 1.29 is 4.79 Å². The predicted octanol–water partition coefficient (Wildman–Crippen LogP) is 5.13. The quantitative estimate of drug-likeness (QED) is 0.361. The number of rotatable bonds is 5. The van der Waals surface area contributed by atoms with Crippen LogP contribution in [0.1, 0.15) is 28.5 Å². The number of para-hydroxylation sites is 1. The van der Waals surface area contributed by atoms with Crippen LogP contribution in [0.4, 0.5) is 0 Å². The van der Waals surface area contributed by atoms with Gasteiger partial charge in [-0.2, -0.15) is 0 Å². The third-order valence-corrected chi connectivity index (χ3v) is 4.90. The minimum absolute atomic E-state index is 0.0361. The number of hydrogen-bond donors (Lipinski definition) is 0. The summed E-state index contributed by atoms with van der Waals surface area (Å²) in [6, 6.07) is 11.8. The molecule has 3 nitrogen and oxygen atoms in total. The van der Waals surface area contributed by atoms with Crippen LogP contribution in [0.3, 0.4) is 0 Å². The number of aromatic nitrogens is 2. The van der Waals surface area contributed by atoms with Gasteiger partial charge in [-0.25, -0.2) is 9.97 Å². The molecular formula is C19H17ClN2OS. The number of pyridine rings is 2. The molecule has 0 atom stereocenters. The maximum Gasteiger partial charge on any atom is 0.186 e. The number of carbonyl (C=O) groups is 1. The minimum atomic E-state index is -0.0361. The molecule has 0 saturated heterocycles. The highest BCUT2D eigenvalue weighted by Crippen LogP contribution is 2.27. The van der Waals surface area contributed by atoms with Gasteiger partial charge in [0, 0.05) is 22.9 Å². The van der Waals surface area contributed by atoms with Gasteiger partial charge in [0.1, 0.15) is 10.8 Å². The molecule has 2 aromatic heterocycles. The van der Waals surface area contributed by atoms with E-state index in [1.165, 1.54) is 0 Å². The fraction of sp³-hybridized carbons (Fsp3) is 0.211. The molecule has 0 radical (unpaired) electrons. The van der Waals surface area contributed by atoms with Gasteiger partial charge in [0.05, 0.1) is 5.52 Å². The first-order valence-corrected chi connectivity index (χ1v) is 9.11. The summed E-state index contributed by atoms with van der Waals surface area (Å²) in [5.41, 5.74) is 3.06. The van der Waals surface area contributed by atoms with Crippen LogP contribution in [-0.2, 0) is 6.42 Å².